The number of H-pyrrole nitrogens is 1. The first-order valence-corrected chi connectivity index (χ1v) is 8.84. The molecule has 28 heavy (non-hydrogen) atoms. The Balaban J connectivity index is 0.00000364. The molecule has 0 unspecified atom stereocenters. The van der Waals surface area contributed by atoms with Crippen LogP contribution in [-0.4, -0.2) is 33.0 Å². The molecule has 0 aliphatic carbocycles. The van der Waals surface area contributed by atoms with Crippen molar-refractivity contribution in [2.75, 3.05) is 6.54 Å². The molecule has 0 saturated carbocycles. The van der Waals surface area contributed by atoms with Gasteiger partial charge in [-0.2, -0.15) is 0 Å². The lowest BCUT2D eigenvalue weighted by Crippen LogP contribution is -2.39. The molecule has 0 aliphatic rings. The van der Waals surface area contributed by atoms with Gasteiger partial charge in [-0.25, -0.2) is 9.78 Å². The predicted octanol–water partition coefficient (Wildman–Crippen LogP) is 1.78. The van der Waals surface area contributed by atoms with E-state index in [1.165, 1.54) is 4.57 Å². The van der Waals surface area contributed by atoms with Crippen molar-refractivity contribution in [1.29, 1.82) is 0 Å². The average molecular weight is 434 g/mol. The summed E-state index contributed by atoms with van der Waals surface area (Å²) < 4.78 is 1.43. The van der Waals surface area contributed by atoms with Gasteiger partial charge in [0.1, 0.15) is 0 Å². The van der Waals surface area contributed by atoms with Crippen LogP contribution in [0.2, 0.25) is 0 Å². The van der Waals surface area contributed by atoms with Crippen LogP contribution in [0.5, 0.6) is 0 Å². The third kappa shape index (κ3) is 5.56. The molecule has 8 nitrogen and oxygen atoms in total. The number of pyridine rings is 1. The predicted molar refractivity (Wildman–Crippen MR) is 116 cm³/mol. The molecule has 0 fully saturated rings. The number of halogens is 2. The van der Waals surface area contributed by atoms with Crippen molar-refractivity contribution in [3.8, 4) is 0 Å². The fraction of sp³-hybridized carbons (Fsp3) is 0.556. The number of nitrogens with one attached hydrogen (secondary N) is 2. The van der Waals surface area contributed by atoms with E-state index >= 15 is 0 Å². The van der Waals surface area contributed by atoms with E-state index in [1.54, 1.807) is 13.0 Å². The molecular weight excluding hydrogens is 405 g/mol. The van der Waals surface area contributed by atoms with E-state index in [4.69, 9.17) is 5.73 Å². The van der Waals surface area contributed by atoms with Crippen molar-refractivity contribution in [3.05, 3.63) is 38.2 Å². The van der Waals surface area contributed by atoms with E-state index in [0.29, 0.717) is 12.2 Å². The van der Waals surface area contributed by atoms with Crippen LogP contribution in [0, 0.1) is 5.92 Å². The minimum Gasteiger partial charge on any atom is -0.348 e. The van der Waals surface area contributed by atoms with Crippen LogP contribution in [-0.2, 0) is 6.54 Å². The van der Waals surface area contributed by atoms with Crippen LogP contribution in [0.4, 0.5) is 0 Å². The maximum absolute atomic E-state index is 12.7. The first kappa shape index (κ1) is 26.1. The molecular formula is C18H29Cl2N5O3. The molecule has 4 N–H and O–H groups in total. The number of nitrogens with two attached hydrogens (primary N) is 1. The van der Waals surface area contributed by atoms with Crippen LogP contribution in [0.1, 0.15) is 56.6 Å². The molecule has 2 rings (SSSR count). The second-order valence-electron chi connectivity index (χ2n) is 7.32. The quantitative estimate of drug-likeness (QED) is 0.640. The highest BCUT2D eigenvalue weighted by Crippen LogP contribution is 2.20. The van der Waals surface area contributed by atoms with Crippen LogP contribution in [0.3, 0.4) is 0 Å². The molecule has 1 atom stereocenters. The highest BCUT2D eigenvalue weighted by molar-refractivity contribution is 6.05. The minimum absolute atomic E-state index is 0. The van der Waals surface area contributed by atoms with Crippen LogP contribution < -0.4 is 22.3 Å². The molecule has 0 saturated heterocycles. The Morgan fingerprint density at radius 2 is 1.82 bits per heavy atom. The number of nitrogens with zero attached hydrogens (tertiary/aromatic N) is 2. The maximum atomic E-state index is 12.7. The molecule has 2 heterocycles. The number of carbonyl (C=O) groups excluding carboxylic acids is 1. The standard InChI is InChI=1S/C18H27N5O3.2ClH/c1-9(2)8-23-15-14(17(25)22-18(23)26)12(6-13(21-15)10(3)4)16(24)20-11(5)7-19;;/h6,9-11H,7-8,19H2,1-5H3,(H,20,24)(H,22,25,26);2*1H/t11-;;/m0../s1. The van der Waals surface area contributed by atoms with Gasteiger partial charge in [-0.1, -0.05) is 27.7 Å². The van der Waals surface area contributed by atoms with Crippen LogP contribution in [0.15, 0.2) is 15.7 Å². The Bertz CT molecular complexity index is 937. The third-order valence-electron chi connectivity index (χ3n) is 4.08. The SMILES string of the molecule is CC(C)Cn1c(=O)[nH]c(=O)c2c(C(=O)N[C@@H](C)CN)cc(C(C)C)nc21.Cl.Cl. The highest BCUT2D eigenvalue weighted by atomic mass is 35.5. The molecule has 0 radical (unpaired) electrons. The van der Waals surface area contributed by atoms with Gasteiger partial charge in [0.05, 0.1) is 10.9 Å². The van der Waals surface area contributed by atoms with E-state index in [1.807, 2.05) is 27.7 Å². The number of aromatic nitrogens is 3. The fourth-order valence-corrected chi connectivity index (χ4v) is 2.66. The van der Waals surface area contributed by atoms with Gasteiger partial charge in [0.25, 0.3) is 11.5 Å². The second-order valence-corrected chi connectivity index (χ2v) is 7.32. The number of fused-ring (bicyclic) bond motifs is 1. The Hall–Kier alpha value is -1.90. The van der Waals surface area contributed by atoms with Gasteiger partial charge < -0.3 is 11.1 Å². The Morgan fingerprint density at radius 1 is 1.21 bits per heavy atom. The van der Waals surface area contributed by atoms with Crippen molar-refractivity contribution in [3.63, 3.8) is 0 Å². The van der Waals surface area contributed by atoms with Gasteiger partial charge in [-0.05, 0) is 24.8 Å². The van der Waals surface area contributed by atoms with Gasteiger partial charge in [0, 0.05) is 24.8 Å². The smallest absolute Gasteiger partial charge is 0.330 e. The molecule has 1 amide bonds. The Kier molecular flexibility index (Phi) is 9.87. The summed E-state index contributed by atoms with van der Waals surface area (Å²) in [7, 11) is 0. The van der Waals surface area contributed by atoms with Gasteiger partial charge in [-0.3, -0.25) is 19.1 Å². The summed E-state index contributed by atoms with van der Waals surface area (Å²) in [5, 5.41) is 2.90. The molecule has 2 aromatic heterocycles. The summed E-state index contributed by atoms with van der Waals surface area (Å²) in [6.45, 7) is 10.3. The number of aromatic amines is 1. The lowest BCUT2D eigenvalue weighted by molar-refractivity contribution is 0.0942. The number of hydrogen-bond acceptors (Lipinski definition) is 5. The summed E-state index contributed by atoms with van der Waals surface area (Å²) in [6, 6.07) is 1.37. The van der Waals surface area contributed by atoms with Crippen molar-refractivity contribution in [1.82, 2.24) is 19.9 Å². The van der Waals surface area contributed by atoms with Crippen molar-refractivity contribution in [2.24, 2.45) is 11.7 Å². The van der Waals surface area contributed by atoms with E-state index < -0.39 is 17.2 Å². The normalized spacial score (nSPS) is 11.9. The number of carbonyl (C=O) groups is 1. The third-order valence-corrected chi connectivity index (χ3v) is 4.08. The summed E-state index contributed by atoms with van der Waals surface area (Å²) in [6.07, 6.45) is 0. The van der Waals surface area contributed by atoms with Crippen molar-refractivity contribution >= 4 is 41.8 Å². The topological polar surface area (TPSA) is 123 Å². The van der Waals surface area contributed by atoms with Crippen LogP contribution in [0.25, 0.3) is 11.0 Å². The van der Waals surface area contributed by atoms with Gasteiger partial charge in [0.2, 0.25) is 0 Å². The monoisotopic (exact) mass is 433 g/mol. The van der Waals surface area contributed by atoms with Gasteiger partial charge >= 0.3 is 5.69 Å². The largest absolute Gasteiger partial charge is 0.348 e. The Labute approximate surface area is 176 Å². The molecule has 0 bridgehead atoms. The number of amides is 1. The Morgan fingerprint density at radius 3 is 2.32 bits per heavy atom. The zero-order valence-corrected chi connectivity index (χ0v) is 18.4. The summed E-state index contributed by atoms with van der Waals surface area (Å²) in [4.78, 5) is 44.4. The van der Waals surface area contributed by atoms with Gasteiger partial charge in [0.15, 0.2) is 5.65 Å². The van der Waals surface area contributed by atoms with E-state index in [0.717, 1.165) is 0 Å². The molecule has 0 aromatic carbocycles. The fourth-order valence-electron chi connectivity index (χ4n) is 2.66. The second kappa shape index (κ2) is 10.6. The molecule has 10 heteroatoms. The first-order chi connectivity index (χ1) is 12.1. The van der Waals surface area contributed by atoms with E-state index in [-0.39, 0.29) is 65.8 Å². The first-order valence-electron chi connectivity index (χ1n) is 8.84. The summed E-state index contributed by atoms with van der Waals surface area (Å²) in [5.41, 5.74) is 5.53. The lowest BCUT2D eigenvalue weighted by atomic mass is 10.0. The molecule has 2 aromatic rings. The molecule has 158 valence electrons. The lowest BCUT2D eigenvalue weighted by Gasteiger charge is -2.17. The summed E-state index contributed by atoms with van der Waals surface area (Å²) >= 11 is 0. The minimum atomic E-state index is -0.613. The summed E-state index contributed by atoms with van der Waals surface area (Å²) in [5.74, 6) is -0.210. The molecule has 0 spiro atoms. The molecule has 0 aliphatic heterocycles. The van der Waals surface area contributed by atoms with Crippen molar-refractivity contribution < 1.29 is 4.79 Å². The zero-order chi connectivity index (χ0) is 19.6. The van der Waals surface area contributed by atoms with Crippen LogP contribution >= 0.6 is 24.8 Å². The van der Waals surface area contributed by atoms with E-state index in [9.17, 15) is 14.4 Å². The van der Waals surface area contributed by atoms with Gasteiger partial charge in [-0.15, -0.1) is 24.8 Å². The maximum Gasteiger partial charge on any atom is 0.330 e. The average Bonchev–Trinajstić information content (AvgIpc) is 2.56. The highest BCUT2D eigenvalue weighted by Gasteiger charge is 2.21. The van der Waals surface area contributed by atoms with E-state index in [2.05, 4.69) is 15.3 Å². The number of rotatable bonds is 6. The zero-order valence-electron chi connectivity index (χ0n) is 16.7. The number of hydrogen-bond donors (Lipinski definition) is 3. The van der Waals surface area contributed by atoms with Crippen molar-refractivity contribution in [2.45, 2.75) is 53.1 Å².